The lowest BCUT2D eigenvalue weighted by Gasteiger charge is -2.09. The third-order valence-electron chi connectivity index (χ3n) is 3.36. The second kappa shape index (κ2) is 8.65. The SMILES string of the molecule is CC(=O)N/C(=C/c1ccccc1)C(=O)OCc1ccc(S(=O)(=O)N(C)C)o1. The summed E-state index contributed by atoms with van der Waals surface area (Å²) in [4.78, 5) is 23.6. The normalized spacial score (nSPS) is 12.1. The molecular weight excluding hydrogens is 372 g/mol. The number of nitrogens with one attached hydrogen (secondary N) is 1. The van der Waals surface area contributed by atoms with Crippen LogP contribution < -0.4 is 5.32 Å². The fourth-order valence-electron chi connectivity index (χ4n) is 2.02. The molecule has 0 spiro atoms. The van der Waals surface area contributed by atoms with Gasteiger partial charge in [-0.15, -0.1) is 0 Å². The number of furan rings is 1. The van der Waals surface area contributed by atoms with E-state index in [2.05, 4.69) is 5.32 Å². The van der Waals surface area contributed by atoms with Crippen molar-refractivity contribution in [1.29, 1.82) is 0 Å². The Labute approximate surface area is 157 Å². The van der Waals surface area contributed by atoms with Gasteiger partial charge in [0.25, 0.3) is 10.0 Å². The maximum Gasteiger partial charge on any atom is 0.355 e. The third-order valence-corrected chi connectivity index (χ3v) is 5.05. The highest BCUT2D eigenvalue weighted by molar-refractivity contribution is 7.88. The zero-order valence-electron chi connectivity index (χ0n) is 15.1. The Hall–Kier alpha value is -2.91. The van der Waals surface area contributed by atoms with Gasteiger partial charge in [0.2, 0.25) is 11.0 Å². The second-order valence-electron chi connectivity index (χ2n) is 5.73. The Balaban J connectivity index is 2.11. The maximum atomic E-state index is 12.3. The van der Waals surface area contributed by atoms with Crippen LogP contribution in [0.1, 0.15) is 18.2 Å². The number of nitrogens with zero attached hydrogens (tertiary/aromatic N) is 1. The lowest BCUT2D eigenvalue weighted by atomic mass is 10.2. The van der Waals surface area contributed by atoms with E-state index < -0.39 is 21.9 Å². The molecule has 0 saturated carbocycles. The average Bonchev–Trinajstić information content (AvgIpc) is 3.09. The molecule has 0 saturated heterocycles. The molecule has 1 N–H and O–H groups in total. The number of hydrogen-bond acceptors (Lipinski definition) is 6. The van der Waals surface area contributed by atoms with Crippen LogP contribution in [0, 0.1) is 0 Å². The topological polar surface area (TPSA) is 106 Å². The Bertz CT molecular complexity index is 945. The molecular formula is C18H20N2O6S. The molecule has 1 amide bonds. The van der Waals surface area contributed by atoms with Crippen LogP contribution in [0.4, 0.5) is 0 Å². The predicted octanol–water partition coefficient (Wildman–Crippen LogP) is 1.75. The predicted molar refractivity (Wildman–Crippen MR) is 97.6 cm³/mol. The van der Waals surface area contributed by atoms with Gasteiger partial charge in [0.05, 0.1) is 0 Å². The molecule has 0 fully saturated rings. The van der Waals surface area contributed by atoms with Crippen molar-refractivity contribution >= 4 is 28.0 Å². The van der Waals surface area contributed by atoms with Crippen molar-refractivity contribution in [2.24, 2.45) is 0 Å². The molecule has 0 aliphatic carbocycles. The molecule has 1 aromatic carbocycles. The molecule has 0 aliphatic rings. The molecule has 0 bridgehead atoms. The van der Waals surface area contributed by atoms with E-state index in [9.17, 15) is 18.0 Å². The van der Waals surface area contributed by atoms with Crippen LogP contribution in [0.15, 0.2) is 57.7 Å². The summed E-state index contributed by atoms with van der Waals surface area (Å²) in [6.07, 6.45) is 1.48. The molecule has 2 aromatic rings. The Morgan fingerprint density at radius 2 is 1.81 bits per heavy atom. The van der Waals surface area contributed by atoms with Gasteiger partial charge in [0, 0.05) is 21.0 Å². The van der Waals surface area contributed by atoms with Crippen LogP contribution in [0.3, 0.4) is 0 Å². The van der Waals surface area contributed by atoms with E-state index >= 15 is 0 Å². The molecule has 144 valence electrons. The number of hydrogen-bond donors (Lipinski definition) is 1. The lowest BCUT2D eigenvalue weighted by molar-refractivity contribution is -0.142. The number of ether oxygens (including phenoxy) is 1. The van der Waals surface area contributed by atoms with Crippen molar-refractivity contribution in [1.82, 2.24) is 9.62 Å². The second-order valence-corrected chi connectivity index (χ2v) is 7.82. The average molecular weight is 392 g/mol. The molecule has 0 aliphatic heterocycles. The summed E-state index contributed by atoms with van der Waals surface area (Å²) >= 11 is 0. The fourth-order valence-corrected chi connectivity index (χ4v) is 2.83. The number of esters is 1. The van der Waals surface area contributed by atoms with Gasteiger partial charge in [0.1, 0.15) is 18.1 Å². The maximum absolute atomic E-state index is 12.3. The smallest absolute Gasteiger partial charge is 0.355 e. The van der Waals surface area contributed by atoms with Crippen LogP contribution in [0.5, 0.6) is 0 Å². The van der Waals surface area contributed by atoms with Crippen molar-refractivity contribution in [3.05, 3.63) is 59.5 Å². The first-order chi connectivity index (χ1) is 12.7. The highest BCUT2D eigenvalue weighted by Gasteiger charge is 2.22. The first kappa shape index (κ1) is 20.4. The van der Waals surface area contributed by atoms with Gasteiger partial charge in [0.15, 0.2) is 0 Å². The van der Waals surface area contributed by atoms with Crippen LogP contribution in [-0.4, -0.2) is 38.7 Å². The van der Waals surface area contributed by atoms with Gasteiger partial charge < -0.3 is 14.5 Å². The molecule has 1 aromatic heterocycles. The largest absolute Gasteiger partial charge is 0.453 e. The van der Waals surface area contributed by atoms with Crippen LogP contribution in [0.25, 0.3) is 6.08 Å². The quantitative estimate of drug-likeness (QED) is 0.568. The van der Waals surface area contributed by atoms with Crippen molar-refractivity contribution < 1.29 is 27.2 Å². The van der Waals surface area contributed by atoms with Crippen LogP contribution in [-0.2, 0) is 31.0 Å². The fraction of sp³-hybridized carbons (Fsp3) is 0.222. The van der Waals surface area contributed by atoms with Crippen molar-refractivity contribution in [2.45, 2.75) is 18.6 Å². The van der Waals surface area contributed by atoms with E-state index in [0.717, 1.165) is 4.31 Å². The van der Waals surface area contributed by atoms with E-state index in [-0.39, 0.29) is 23.2 Å². The minimum Gasteiger partial charge on any atom is -0.453 e. The minimum absolute atomic E-state index is 0.0404. The summed E-state index contributed by atoms with van der Waals surface area (Å²) in [5.74, 6) is -1.04. The van der Waals surface area contributed by atoms with Gasteiger partial charge in [-0.25, -0.2) is 17.5 Å². The van der Waals surface area contributed by atoms with Gasteiger partial charge >= 0.3 is 5.97 Å². The van der Waals surface area contributed by atoms with Gasteiger partial charge in [-0.2, -0.15) is 0 Å². The minimum atomic E-state index is -3.71. The van der Waals surface area contributed by atoms with Gasteiger partial charge in [-0.1, -0.05) is 30.3 Å². The summed E-state index contributed by atoms with van der Waals surface area (Å²) in [7, 11) is -0.949. The summed E-state index contributed by atoms with van der Waals surface area (Å²) in [5.41, 5.74) is 0.664. The summed E-state index contributed by atoms with van der Waals surface area (Å²) in [6, 6.07) is 11.6. The zero-order chi connectivity index (χ0) is 20.0. The molecule has 27 heavy (non-hydrogen) atoms. The number of rotatable bonds is 7. The van der Waals surface area contributed by atoms with E-state index in [1.165, 1.54) is 39.2 Å². The molecule has 2 rings (SSSR count). The van der Waals surface area contributed by atoms with Gasteiger partial charge in [-0.05, 0) is 23.8 Å². The first-order valence-electron chi connectivity index (χ1n) is 7.93. The summed E-state index contributed by atoms with van der Waals surface area (Å²) < 4.78 is 35.3. The number of carbonyl (C=O) groups excluding carboxylic acids is 2. The number of benzene rings is 1. The van der Waals surface area contributed by atoms with E-state index in [1.807, 2.05) is 6.07 Å². The molecule has 0 atom stereocenters. The molecule has 0 radical (unpaired) electrons. The zero-order valence-corrected chi connectivity index (χ0v) is 15.9. The van der Waals surface area contributed by atoms with E-state index in [4.69, 9.17) is 9.15 Å². The van der Waals surface area contributed by atoms with Crippen LogP contribution >= 0.6 is 0 Å². The van der Waals surface area contributed by atoms with Crippen molar-refractivity contribution in [2.75, 3.05) is 14.1 Å². The Kier molecular flexibility index (Phi) is 6.54. The molecule has 1 heterocycles. The molecule has 8 nitrogen and oxygen atoms in total. The first-order valence-corrected chi connectivity index (χ1v) is 9.37. The molecule has 0 unspecified atom stereocenters. The van der Waals surface area contributed by atoms with E-state index in [0.29, 0.717) is 5.56 Å². The third kappa shape index (κ3) is 5.53. The number of carbonyl (C=O) groups is 2. The highest BCUT2D eigenvalue weighted by Crippen LogP contribution is 2.18. The summed E-state index contributed by atoms with van der Waals surface area (Å²) in [5, 5.41) is 2.17. The van der Waals surface area contributed by atoms with E-state index in [1.54, 1.807) is 24.3 Å². The summed E-state index contributed by atoms with van der Waals surface area (Å²) in [6.45, 7) is 0.991. The van der Waals surface area contributed by atoms with Crippen LogP contribution in [0.2, 0.25) is 0 Å². The highest BCUT2D eigenvalue weighted by atomic mass is 32.2. The van der Waals surface area contributed by atoms with Crippen molar-refractivity contribution in [3.63, 3.8) is 0 Å². The lowest BCUT2D eigenvalue weighted by Crippen LogP contribution is -2.26. The van der Waals surface area contributed by atoms with Gasteiger partial charge in [-0.3, -0.25) is 4.79 Å². The number of sulfonamides is 1. The monoisotopic (exact) mass is 392 g/mol. The standard InChI is InChI=1S/C18H20N2O6S/c1-13(21)19-16(11-14-7-5-4-6-8-14)18(22)25-12-15-9-10-17(26-15)27(23,24)20(2)3/h4-11H,12H2,1-3H3,(H,19,21)/b16-11+. The Morgan fingerprint density at radius 3 is 2.41 bits per heavy atom. The molecule has 9 heteroatoms. The number of amides is 1. The van der Waals surface area contributed by atoms with Crippen molar-refractivity contribution in [3.8, 4) is 0 Å². The Morgan fingerprint density at radius 1 is 1.15 bits per heavy atom.